The summed E-state index contributed by atoms with van der Waals surface area (Å²) in [4.78, 5) is 11.2. The molecule has 1 amide bonds. The number of ether oxygens (including phenoxy) is 1. The highest BCUT2D eigenvalue weighted by atomic mass is 35.7. The maximum atomic E-state index is 11.2. The first-order valence-corrected chi connectivity index (χ1v) is 7.11. The summed E-state index contributed by atoms with van der Waals surface area (Å²) < 4.78 is 28.2. The van der Waals surface area contributed by atoms with E-state index in [0.717, 1.165) is 17.1 Å². The minimum Gasteiger partial charge on any atom is -0.381 e. The SMILES string of the molecule is O=C1CC(C2CCOCC2)N1S(=O)(=O)Cl. The smallest absolute Gasteiger partial charge is 0.324 e. The Morgan fingerprint density at radius 2 is 1.93 bits per heavy atom. The van der Waals surface area contributed by atoms with Crippen LogP contribution < -0.4 is 0 Å². The standard InChI is InChI=1S/C8H12ClNO4S/c9-15(12,13)10-7(5-8(10)11)6-1-3-14-4-2-6/h6-7H,1-5H2. The second-order valence-corrected chi connectivity index (χ2v) is 6.24. The Morgan fingerprint density at radius 3 is 2.40 bits per heavy atom. The maximum absolute atomic E-state index is 11.2. The van der Waals surface area contributed by atoms with Crippen molar-refractivity contribution >= 4 is 25.8 Å². The molecule has 2 aliphatic rings. The first kappa shape index (κ1) is 11.2. The lowest BCUT2D eigenvalue weighted by atomic mass is 9.85. The molecule has 5 nitrogen and oxygen atoms in total. The molecule has 0 radical (unpaired) electrons. The van der Waals surface area contributed by atoms with Crippen molar-refractivity contribution in [1.82, 2.24) is 4.31 Å². The van der Waals surface area contributed by atoms with Crippen molar-refractivity contribution in [2.24, 2.45) is 5.92 Å². The first-order valence-electron chi connectivity index (χ1n) is 4.85. The molecule has 0 aromatic rings. The zero-order chi connectivity index (χ0) is 11.1. The average Bonchev–Trinajstić information content (AvgIpc) is 2.12. The number of carbonyl (C=O) groups excluding carboxylic acids is 1. The molecule has 2 heterocycles. The van der Waals surface area contributed by atoms with E-state index in [1.54, 1.807) is 0 Å². The lowest BCUT2D eigenvalue weighted by Gasteiger charge is -2.43. The minimum atomic E-state index is -3.90. The van der Waals surface area contributed by atoms with Crippen LogP contribution in [0.3, 0.4) is 0 Å². The van der Waals surface area contributed by atoms with Crippen LogP contribution in [-0.4, -0.2) is 37.9 Å². The molecule has 0 aromatic carbocycles. The van der Waals surface area contributed by atoms with Crippen LogP contribution >= 0.6 is 10.7 Å². The highest BCUT2D eigenvalue weighted by Crippen LogP contribution is 2.35. The summed E-state index contributed by atoms with van der Waals surface area (Å²) in [7, 11) is 1.29. The number of rotatable bonds is 2. The predicted octanol–water partition coefficient (Wildman–Crippen LogP) is 0.498. The molecule has 7 heteroatoms. The summed E-state index contributed by atoms with van der Waals surface area (Å²) in [5, 5.41) is 0. The quantitative estimate of drug-likeness (QED) is 0.531. The van der Waals surface area contributed by atoms with E-state index in [1.165, 1.54) is 0 Å². The summed E-state index contributed by atoms with van der Waals surface area (Å²) in [6.07, 6.45) is 1.87. The molecule has 1 unspecified atom stereocenters. The van der Waals surface area contributed by atoms with E-state index in [-0.39, 0.29) is 18.4 Å². The summed E-state index contributed by atoms with van der Waals surface area (Å²) in [6, 6.07) is -0.246. The van der Waals surface area contributed by atoms with Gasteiger partial charge in [0.25, 0.3) is 0 Å². The third-order valence-electron chi connectivity index (χ3n) is 2.98. The monoisotopic (exact) mass is 253 g/mol. The van der Waals surface area contributed by atoms with Crippen LogP contribution in [0.5, 0.6) is 0 Å². The Morgan fingerprint density at radius 1 is 1.33 bits per heavy atom. The predicted molar refractivity (Wildman–Crippen MR) is 53.6 cm³/mol. The molecule has 2 fully saturated rings. The van der Waals surface area contributed by atoms with E-state index in [2.05, 4.69) is 0 Å². The van der Waals surface area contributed by atoms with Crippen molar-refractivity contribution < 1.29 is 17.9 Å². The van der Waals surface area contributed by atoms with E-state index in [0.29, 0.717) is 13.2 Å². The molecule has 2 saturated heterocycles. The van der Waals surface area contributed by atoms with Gasteiger partial charge in [-0.2, -0.15) is 8.42 Å². The van der Waals surface area contributed by atoms with E-state index >= 15 is 0 Å². The van der Waals surface area contributed by atoms with Crippen LogP contribution in [0.2, 0.25) is 0 Å². The Hall–Kier alpha value is -0.330. The molecule has 0 aromatic heterocycles. The number of carbonyl (C=O) groups is 1. The van der Waals surface area contributed by atoms with Gasteiger partial charge in [-0.25, -0.2) is 4.31 Å². The van der Waals surface area contributed by atoms with E-state index in [9.17, 15) is 13.2 Å². The highest BCUT2D eigenvalue weighted by Gasteiger charge is 2.47. The normalized spacial score (nSPS) is 29.0. The van der Waals surface area contributed by atoms with Crippen LogP contribution in [0.4, 0.5) is 0 Å². The number of hydrogen-bond acceptors (Lipinski definition) is 4. The van der Waals surface area contributed by atoms with Gasteiger partial charge in [0.1, 0.15) is 0 Å². The van der Waals surface area contributed by atoms with Gasteiger partial charge in [0, 0.05) is 30.3 Å². The zero-order valence-electron chi connectivity index (χ0n) is 8.06. The van der Waals surface area contributed by atoms with Crippen molar-refractivity contribution in [3.05, 3.63) is 0 Å². The number of amides is 1. The molecular weight excluding hydrogens is 242 g/mol. The van der Waals surface area contributed by atoms with Gasteiger partial charge in [0.2, 0.25) is 5.91 Å². The van der Waals surface area contributed by atoms with Crippen LogP contribution in [0.15, 0.2) is 0 Å². The van der Waals surface area contributed by atoms with Crippen molar-refractivity contribution in [3.63, 3.8) is 0 Å². The van der Waals surface area contributed by atoms with Gasteiger partial charge < -0.3 is 4.74 Å². The first-order chi connectivity index (χ1) is 7.00. The molecule has 0 bridgehead atoms. The zero-order valence-corrected chi connectivity index (χ0v) is 9.63. The number of hydrogen-bond donors (Lipinski definition) is 0. The fourth-order valence-electron chi connectivity index (χ4n) is 2.17. The molecule has 15 heavy (non-hydrogen) atoms. The van der Waals surface area contributed by atoms with E-state index in [1.807, 2.05) is 0 Å². The largest absolute Gasteiger partial charge is 0.381 e. The summed E-state index contributed by atoms with van der Waals surface area (Å²) >= 11 is 0. The Labute approximate surface area is 92.9 Å². The molecule has 0 saturated carbocycles. The molecule has 2 rings (SSSR count). The topological polar surface area (TPSA) is 63.7 Å². The molecular formula is C8H12ClNO4S. The van der Waals surface area contributed by atoms with Gasteiger partial charge in [0.05, 0.1) is 6.04 Å². The molecule has 2 aliphatic heterocycles. The van der Waals surface area contributed by atoms with Gasteiger partial charge in [0.15, 0.2) is 0 Å². The summed E-state index contributed by atoms with van der Waals surface area (Å²) in [5.74, 6) is -0.202. The van der Waals surface area contributed by atoms with Crippen LogP contribution in [0.25, 0.3) is 0 Å². The maximum Gasteiger partial charge on any atom is 0.324 e. The van der Waals surface area contributed by atoms with Gasteiger partial charge in [-0.05, 0) is 18.8 Å². The lowest BCUT2D eigenvalue weighted by Crippen LogP contribution is -2.57. The molecule has 1 atom stereocenters. The van der Waals surface area contributed by atoms with Crippen LogP contribution in [0.1, 0.15) is 19.3 Å². The number of halogens is 1. The number of nitrogens with zero attached hydrogens (tertiary/aromatic N) is 1. The molecule has 0 spiro atoms. The third kappa shape index (κ3) is 2.11. The Balaban J connectivity index is 2.08. The van der Waals surface area contributed by atoms with Crippen molar-refractivity contribution in [1.29, 1.82) is 0 Å². The molecule has 86 valence electrons. The summed E-state index contributed by atoms with van der Waals surface area (Å²) in [6.45, 7) is 1.26. The summed E-state index contributed by atoms with van der Waals surface area (Å²) in [5.41, 5.74) is 0. The Bertz CT molecular complexity index is 363. The van der Waals surface area contributed by atoms with Gasteiger partial charge in [-0.15, -0.1) is 0 Å². The molecule has 0 aliphatic carbocycles. The fraction of sp³-hybridized carbons (Fsp3) is 0.875. The van der Waals surface area contributed by atoms with Crippen LogP contribution in [-0.2, 0) is 18.8 Å². The average molecular weight is 254 g/mol. The van der Waals surface area contributed by atoms with Gasteiger partial charge >= 0.3 is 9.24 Å². The van der Waals surface area contributed by atoms with E-state index < -0.39 is 15.1 Å². The van der Waals surface area contributed by atoms with Crippen LogP contribution in [0, 0.1) is 5.92 Å². The van der Waals surface area contributed by atoms with Gasteiger partial charge in [-0.3, -0.25) is 4.79 Å². The fourth-order valence-corrected chi connectivity index (χ4v) is 3.59. The second-order valence-electron chi connectivity index (χ2n) is 3.85. The van der Waals surface area contributed by atoms with Crippen molar-refractivity contribution in [2.45, 2.75) is 25.3 Å². The number of β-lactam (4-membered cyclic amide) rings is 1. The second kappa shape index (κ2) is 3.92. The van der Waals surface area contributed by atoms with Crippen molar-refractivity contribution in [2.75, 3.05) is 13.2 Å². The minimum absolute atomic E-state index is 0.199. The van der Waals surface area contributed by atoms with Crippen molar-refractivity contribution in [3.8, 4) is 0 Å². The third-order valence-corrected chi connectivity index (χ3v) is 4.37. The lowest BCUT2D eigenvalue weighted by molar-refractivity contribution is -0.141. The highest BCUT2D eigenvalue weighted by molar-refractivity contribution is 8.12. The van der Waals surface area contributed by atoms with Gasteiger partial charge in [-0.1, -0.05) is 0 Å². The van der Waals surface area contributed by atoms with E-state index in [4.69, 9.17) is 15.4 Å². The molecule has 0 N–H and O–H groups in total. The Kier molecular flexibility index (Phi) is 2.92.